The molecule has 2 atom stereocenters. The summed E-state index contributed by atoms with van der Waals surface area (Å²) in [6, 6.07) is 6.33. The highest BCUT2D eigenvalue weighted by atomic mass is 16.5. The number of rotatable bonds is 8. The summed E-state index contributed by atoms with van der Waals surface area (Å²) in [6.07, 6.45) is 2.21. The monoisotopic (exact) mass is 293 g/mol. The Bertz CT molecular complexity index is 430. The summed E-state index contributed by atoms with van der Waals surface area (Å²) >= 11 is 0. The Labute approximate surface area is 127 Å². The molecular weight excluding hydrogens is 266 g/mol. The second kappa shape index (κ2) is 8.25. The molecule has 1 saturated heterocycles. The first-order valence-electron chi connectivity index (χ1n) is 7.86. The maximum Gasteiger partial charge on any atom is 0.127 e. The van der Waals surface area contributed by atoms with Gasteiger partial charge in [-0.15, -0.1) is 0 Å². The van der Waals surface area contributed by atoms with Crippen molar-refractivity contribution >= 4 is 0 Å². The molecule has 21 heavy (non-hydrogen) atoms. The average molecular weight is 293 g/mol. The Morgan fingerprint density at radius 1 is 1.43 bits per heavy atom. The van der Waals surface area contributed by atoms with Crippen molar-refractivity contribution in [2.24, 2.45) is 5.92 Å². The molecule has 4 heteroatoms. The Kier molecular flexibility index (Phi) is 6.33. The number of benzene rings is 1. The van der Waals surface area contributed by atoms with E-state index in [0.717, 1.165) is 44.1 Å². The highest BCUT2D eigenvalue weighted by molar-refractivity contribution is 5.42. The first-order valence-corrected chi connectivity index (χ1v) is 7.86. The normalized spacial score (nSPS) is 19.5. The molecule has 0 spiro atoms. The van der Waals surface area contributed by atoms with Gasteiger partial charge in [-0.1, -0.05) is 13.0 Å². The minimum absolute atomic E-state index is 0.269. The molecule has 2 rings (SSSR count). The fourth-order valence-corrected chi connectivity index (χ4v) is 2.52. The number of hydrogen-bond acceptors (Lipinski definition) is 4. The lowest BCUT2D eigenvalue weighted by atomic mass is 10.1. The van der Waals surface area contributed by atoms with Crippen LogP contribution < -0.4 is 14.8 Å². The summed E-state index contributed by atoms with van der Waals surface area (Å²) in [5.41, 5.74) is 1.18. The molecule has 1 heterocycles. The van der Waals surface area contributed by atoms with Crippen LogP contribution in [0.2, 0.25) is 0 Å². The van der Waals surface area contributed by atoms with Crippen LogP contribution in [0, 0.1) is 5.92 Å². The van der Waals surface area contributed by atoms with Crippen LogP contribution in [0.4, 0.5) is 0 Å². The van der Waals surface area contributed by atoms with Crippen LogP contribution in [0.5, 0.6) is 11.5 Å². The Morgan fingerprint density at radius 2 is 2.29 bits per heavy atom. The van der Waals surface area contributed by atoms with Crippen LogP contribution >= 0.6 is 0 Å². The molecule has 1 fully saturated rings. The number of hydrogen-bond donors (Lipinski definition) is 1. The van der Waals surface area contributed by atoms with Gasteiger partial charge in [0.25, 0.3) is 0 Å². The topological polar surface area (TPSA) is 39.7 Å². The molecule has 0 radical (unpaired) electrons. The Morgan fingerprint density at radius 3 is 2.95 bits per heavy atom. The van der Waals surface area contributed by atoms with Crippen LogP contribution in [0.3, 0.4) is 0 Å². The summed E-state index contributed by atoms with van der Waals surface area (Å²) in [7, 11) is 1.68. The van der Waals surface area contributed by atoms with Crippen molar-refractivity contribution < 1.29 is 14.2 Å². The van der Waals surface area contributed by atoms with E-state index in [0.29, 0.717) is 12.5 Å². The largest absolute Gasteiger partial charge is 0.497 e. The van der Waals surface area contributed by atoms with E-state index < -0.39 is 0 Å². The summed E-state index contributed by atoms with van der Waals surface area (Å²) < 4.78 is 16.8. The Balaban J connectivity index is 2.06. The highest BCUT2D eigenvalue weighted by Gasteiger charge is 2.18. The molecule has 1 aromatic rings. The van der Waals surface area contributed by atoms with Crippen molar-refractivity contribution in [1.29, 1.82) is 0 Å². The van der Waals surface area contributed by atoms with E-state index in [2.05, 4.69) is 25.2 Å². The average Bonchev–Trinajstić information content (AvgIpc) is 3.03. The maximum atomic E-state index is 6.06. The van der Waals surface area contributed by atoms with Gasteiger partial charge in [0, 0.05) is 30.2 Å². The van der Waals surface area contributed by atoms with Gasteiger partial charge in [-0.05, 0) is 32.4 Å². The predicted molar refractivity (Wildman–Crippen MR) is 84.1 cm³/mol. The second-order valence-corrected chi connectivity index (χ2v) is 5.62. The molecule has 0 amide bonds. The van der Waals surface area contributed by atoms with Crippen LogP contribution in [0.25, 0.3) is 0 Å². The lowest BCUT2D eigenvalue weighted by molar-refractivity contribution is 0.166. The lowest BCUT2D eigenvalue weighted by Crippen LogP contribution is -2.21. The summed E-state index contributed by atoms with van der Waals surface area (Å²) in [4.78, 5) is 0. The third kappa shape index (κ3) is 4.61. The van der Waals surface area contributed by atoms with E-state index in [9.17, 15) is 0 Å². The summed E-state index contributed by atoms with van der Waals surface area (Å²) in [5, 5.41) is 3.51. The molecule has 1 aliphatic heterocycles. The van der Waals surface area contributed by atoms with Crippen LogP contribution in [-0.2, 0) is 4.74 Å². The van der Waals surface area contributed by atoms with E-state index in [4.69, 9.17) is 14.2 Å². The van der Waals surface area contributed by atoms with Gasteiger partial charge in [-0.3, -0.25) is 0 Å². The molecular formula is C17H27NO3. The van der Waals surface area contributed by atoms with E-state index in [1.54, 1.807) is 7.11 Å². The van der Waals surface area contributed by atoms with Gasteiger partial charge in [-0.25, -0.2) is 0 Å². The van der Waals surface area contributed by atoms with Gasteiger partial charge in [0.05, 0.1) is 20.3 Å². The van der Waals surface area contributed by atoms with Gasteiger partial charge >= 0.3 is 0 Å². The first kappa shape index (κ1) is 16.1. The zero-order valence-electron chi connectivity index (χ0n) is 13.4. The fourth-order valence-electron chi connectivity index (χ4n) is 2.52. The minimum Gasteiger partial charge on any atom is -0.497 e. The van der Waals surface area contributed by atoms with Crippen LogP contribution in [-0.4, -0.2) is 33.5 Å². The molecule has 0 bridgehead atoms. The van der Waals surface area contributed by atoms with E-state index >= 15 is 0 Å². The van der Waals surface area contributed by atoms with Crippen molar-refractivity contribution in [2.75, 3.05) is 33.5 Å². The van der Waals surface area contributed by atoms with Gasteiger partial charge in [-0.2, -0.15) is 0 Å². The quantitative estimate of drug-likeness (QED) is 0.799. The molecule has 4 nitrogen and oxygen atoms in total. The number of nitrogens with one attached hydrogen (secondary N) is 1. The van der Waals surface area contributed by atoms with Crippen molar-refractivity contribution in [3.05, 3.63) is 23.8 Å². The van der Waals surface area contributed by atoms with E-state index in [-0.39, 0.29) is 6.04 Å². The Hall–Kier alpha value is -1.26. The maximum absolute atomic E-state index is 6.06. The van der Waals surface area contributed by atoms with Crippen molar-refractivity contribution in [3.63, 3.8) is 0 Å². The number of ether oxygens (including phenoxy) is 3. The second-order valence-electron chi connectivity index (χ2n) is 5.62. The molecule has 0 aromatic heterocycles. The van der Waals surface area contributed by atoms with Crippen LogP contribution in [0.1, 0.15) is 38.3 Å². The SMILES string of the molecule is CCCNC(C)c1ccc(OC)cc1OCC1CCOC1. The molecule has 1 N–H and O–H groups in total. The van der Waals surface area contributed by atoms with Gasteiger partial charge in [0.15, 0.2) is 0 Å². The zero-order valence-corrected chi connectivity index (χ0v) is 13.4. The predicted octanol–water partition coefficient (Wildman–Crippen LogP) is 3.17. The van der Waals surface area contributed by atoms with Crippen molar-refractivity contribution in [3.8, 4) is 11.5 Å². The fraction of sp³-hybridized carbons (Fsp3) is 0.647. The van der Waals surface area contributed by atoms with E-state index in [1.807, 2.05) is 12.1 Å². The van der Waals surface area contributed by atoms with Gasteiger partial charge in [0.2, 0.25) is 0 Å². The first-order chi connectivity index (χ1) is 10.2. The molecule has 118 valence electrons. The highest BCUT2D eigenvalue weighted by Crippen LogP contribution is 2.30. The van der Waals surface area contributed by atoms with E-state index in [1.165, 1.54) is 5.56 Å². The molecule has 2 unspecified atom stereocenters. The summed E-state index contributed by atoms with van der Waals surface area (Å²) in [5.74, 6) is 2.25. The molecule has 1 aliphatic rings. The summed E-state index contributed by atoms with van der Waals surface area (Å²) in [6.45, 7) is 7.72. The van der Waals surface area contributed by atoms with Crippen molar-refractivity contribution in [2.45, 2.75) is 32.7 Å². The molecule has 1 aromatic carbocycles. The molecule has 0 aliphatic carbocycles. The standard InChI is InChI=1S/C17H27NO3/c1-4-8-18-13(2)16-6-5-15(19-3)10-17(16)21-12-14-7-9-20-11-14/h5-6,10,13-14,18H,4,7-9,11-12H2,1-3H3. The third-order valence-electron chi connectivity index (χ3n) is 3.89. The third-order valence-corrected chi connectivity index (χ3v) is 3.89. The number of methoxy groups -OCH3 is 1. The minimum atomic E-state index is 0.269. The van der Waals surface area contributed by atoms with Gasteiger partial charge in [0.1, 0.15) is 11.5 Å². The van der Waals surface area contributed by atoms with Crippen LogP contribution in [0.15, 0.2) is 18.2 Å². The van der Waals surface area contributed by atoms with Gasteiger partial charge < -0.3 is 19.5 Å². The zero-order chi connectivity index (χ0) is 15.1. The van der Waals surface area contributed by atoms with Crippen molar-refractivity contribution in [1.82, 2.24) is 5.32 Å². The smallest absolute Gasteiger partial charge is 0.127 e. The lowest BCUT2D eigenvalue weighted by Gasteiger charge is -2.20. The molecule has 0 saturated carbocycles.